The van der Waals surface area contributed by atoms with Crippen LogP contribution in [-0.4, -0.2) is 45.1 Å². The van der Waals surface area contributed by atoms with Crippen molar-refractivity contribution in [3.63, 3.8) is 0 Å². The number of hydrogen-bond donors (Lipinski definition) is 2. The Hall–Kier alpha value is -3.30. The van der Waals surface area contributed by atoms with Crippen LogP contribution in [0.4, 0.5) is 4.39 Å². The van der Waals surface area contributed by atoms with E-state index in [1.807, 2.05) is 11.8 Å². The monoisotopic (exact) mass is 440 g/mol. The zero-order valence-corrected chi connectivity index (χ0v) is 17.8. The number of carbonyl (C=O) groups excluding carboxylic acids is 1. The molecule has 32 heavy (non-hydrogen) atoms. The molecule has 0 unspecified atom stereocenters. The predicted molar refractivity (Wildman–Crippen MR) is 113 cm³/mol. The Morgan fingerprint density at radius 3 is 3.00 bits per heavy atom. The van der Waals surface area contributed by atoms with Gasteiger partial charge in [-0.15, -0.1) is 0 Å². The van der Waals surface area contributed by atoms with Gasteiger partial charge in [0.25, 0.3) is 0 Å². The zero-order valence-electron chi connectivity index (χ0n) is 17.8. The molecule has 0 fully saturated rings. The molecule has 3 heterocycles. The summed E-state index contributed by atoms with van der Waals surface area (Å²) in [6, 6.07) is 4.53. The Bertz CT molecular complexity index is 1100. The van der Waals surface area contributed by atoms with Crippen LogP contribution >= 0.6 is 0 Å². The molecule has 0 saturated carbocycles. The summed E-state index contributed by atoms with van der Waals surface area (Å²) in [5.41, 5.74) is 8.72. The predicted octanol–water partition coefficient (Wildman–Crippen LogP) is 2.16. The number of pyridine rings is 1. The molecule has 1 atom stereocenters. The molecule has 4 rings (SSSR count). The smallest absolute Gasteiger partial charge is 0.248 e. The van der Waals surface area contributed by atoms with Crippen molar-refractivity contribution in [1.82, 2.24) is 14.9 Å². The highest BCUT2D eigenvalue weighted by Crippen LogP contribution is 2.32. The van der Waals surface area contributed by atoms with Crippen LogP contribution in [0.2, 0.25) is 0 Å². The largest absolute Gasteiger partial charge is 0.485 e. The van der Waals surface area contributed by atoms with E-state index in [2.05, 4.69) is 9.97 Å². The number of aliphatic hydroxyl groups is 1. The van der Waals surface area contributed by atoms with Crippen molar-refractivity contribution >= 4 is 5.91 Å². The van der Waals surface area contributed by atoms with E-state index in [-0.39, 0.29) is 18.8 Å². The first-order valence-electron chi connectivity index (χ1n) is 10.4. The normalized spacial score (nSPS) is 14.7. The zero-order chi connectivity index (χ0) is 22.7. The molecule has 3 aromatic rings. The van der Waals surface area contributed by atoms with Crippen molar-refractivity contribution in [2.24, 2.45) is 5.73 Å². The van der Waals surface area contributed by atoms with Crippen molar-refractivity contribution in [2.75, 3.05) is 13.1 Å². The molecular weight excluding hydrogens is 415 g/mol. The second-order valence-corrected chi connectivity index (χ2v) is 7.94. The minimum atomic E-state index is -0.708. The average molecular weight is 440 g/mol. The first-order valence-corrected chi connectivity index (χ1v) is 10.4. The lowest BCUT2D eigenvalue weighted by Crippen LogP contribution is -2.38. The highest BCUT2D eigenvalue weighted by Gasteiger charge is 2.25. The highest BCUT2D eigenvalue weighted by atomic mass is 19.1. The number of halogens is 1. The van der Waals surface area contributed by atoms with Gasteiger partial charge >= 0.3 is 0 Å². The van der Waals surface area contributed by atoms with E-state index < -0.39 is 12.0 Å². The van der Waals surface area contributed by atoms with E-state index >= 15 is 0 Å². The Morgan fingerprint density at radius 1 is 1.41 bits per heavy atom. The fraction of sp³-hybridized carbons (Fsp3) is 0.348. The molecule has 2 aromatic heterocycles. The number of nitrogens with zero attached hydrogens (tertiary/aromatic N) is 3. The molecule has 9 heteroatoms. The number of β-amino-alcohol motifs (C(OH)–C–C–N with tert-alkyl or cyclic N) is 1. The summed E-state index contributed by atoms with van der Waals surface area (Å²) in [5, 5.41) is 10.5. The van der Waals surface area contributed by atoms with Crippen LogP contribution in [0.25, 0.3) is 0 Å². The summed E-state index contributed by atoms with van der Waals surface area (Å²) in [7, 11) is 0. The lowest BCUT2D eigenvalue weighted by Gasteiger charge is -2.32. The molecule has 0 saturated heterocycles. The van der Waals surface area contributed by atoms with Crippen LogP contribution in [0, 0.1) is 12.7 Å². The average Bonchev–Trinajstić information content (AvgIpc) is 3.29. The number of rotatable bonds is 8. The van der Waals surface area contributed by atoms with Gasteiger partial charge < -0.3 is 20.0 Å². The Balaban J connectivity index is 1.40. The van der Waals surface area contributed by atoms with Crippen molar-refractivity contribution in [3.8, 4) is 5.75 Å². The minimum Gasteiger partial charge on any atom is -0.485 e. The quantitative estimate of drug-likeness (QED) is 0.552. The van der Waals surface area contributed by atoms with E-state index in [1.54, 1.807) is 12.3 Å². The van der Waals surface area contributed by atoms with Gasteiger partial charge in [0.15, 0.2) is 12.2 Å². The minimum absolute atomic E-state index is 0.183. The van der Waals surface area contributed by atoms with E-state index in [1.165, 1.54) is 24.7 Å². The molecule has 1 aliphatic heterocycles. The van der Waals surface area contributed by atoms with Gasteiger partial charge in [0.05, 0.1) is 12.3 Å². The van der Waals surface area contributed by atoms with E-state index in [4.69, 9.17) is 14.9 Å². The van der Waals surface area contributed by atoms with Crippen molar-refractivity contribution < 1.29 is 23.4 Å². The summed E-state index contributed by atoms with van der Waals surface area (Å²) >= 11 is 0. The summed E-state index contributed by atoms with van der Waals surface area (Å²) in [6.45, 7) is 3.56. The number of nitrogens with two attached hydrogens (primary N) is 1. The van der Waals surface area contributed by atoms with Gasteiger partial charge in [-0.2, -0.15) is 0 Å². The van der Waals surface area contributed by atoms with Gasteiger partial charge in [0.1, 0.15) is 18.2 Å². The number of fused-ring (bicyclic) bond motifs is 1. The van der Waals surface area contributed by atoms with Gasteiger partial charge in [-0.25, -0.2) is 9.37 Å². The Kier molecular flexibility index (Phi) is 6.48. The van der Waals surface area contributed by atoms with Gasteiger partial charge in [0, 0.05) is 55.1 Å². The molecule has 0 aliphatic carbocycles. The fourth-order valence-corrected chi connectivity index (χ4v) is 4.03. The van der Waals surface area contributed by atoms with E-state index in [0.717, 1.165) is 11.1 Å². The summed E-state index contributed by atoms with van der Waals surface area (Å²) < 4.78 is 25.8. The number of hydrogen-bond acceptors (Lipinski definition) is 7. The fourth-order valence-electron chi connectivity index (χ4n) is 4.03. The van der Waals surface area contributed by atoms with Crippen molar-refractivity contribution in [1.29, 1.82) is 0 Å². The number of carbonyl (C=O) groups is 1. The maximum absolute atomic E-state index is 14.9. The van der Waals surface area contributed by atoms with Crippen molar-refractivity contribution in [3.05, 3.63) is 76.5 Å². The number of oxazole rings is 1. The van der Waals surface area contributed by atoms with Gasteiger partial charge in [-0.05, 0) is 36.6 Å². The van der Waals surface area contributed by atoms with Crippen LogP contribution < -0.4 is 10.5 Å². The molecule has 168 valence electrons. The van der Waals surface area contributed by atoms with E-state index in [9.17, 15) is 14.3 Å². The number of amides is 1. The third-order valence-corrected chi connectivity index (χ3v) is 5.66. The number of aromatic nitrogens is 2. The molecule has 1 aromatic carbocycles. The topological polar surface area (TPSA) is 115 Å². The number of aliphatic hydroxyl groups excluding tert-OH is 1. The van der Waals surface area contributed by atoms with Gasteiger partial charge in [-0.3, -0.25) is 14.7 Å². The molecule has 8 nitrogen and oxygen atoms in total. The lowest BCUT2D eigenvalue weighted by molar-refractivity contribution is 0.0995. The standard InChI is InChI=1S/C23H25FN4O4/c1-14-19-3-5-28(10-17(29)7-16-6-15(23(25)30)2-4-27-16)11-20(19)21(24)8-22(14)31-12-18-9-26-13-32-18/h2,4,6,8-9,13,17,29H,3,5,7,10-12H2,1H3,(H2,25,30)/t17-/m1/s1. The maximum atomic E-state index is 14.9. The second kappa shape index (κ2) is 9.46. The molecule has 1 aliphatic rings. The molecule has 0 spiro atoms. The molecule has 0 radical (unpaired) electrons. The van der Waals surface area contributed by atoms with Crippen LogP contribution in [-0.2, 0) is 26.0 Å². The first-order chi connectivity index (χ1) is 15.4. The SMILES string of the molecule is Cc1c(OCc2cnco2)cc(F)c2c1CCN(C[C@H](O)Cc1cc(C(N)=O)ccn1)C2. The summed E-state index contributed by atoms with van der Waals surface area (Å²) in [6.07, 6.45) is 4.61. The van der Waals surface area contributed by atoms with Crippen LogP contribution in [0.3, 0.4) is 0 Å². The third-order valence-electron chi connectivity index (χ3n) is 5.66. The van der Waals surface area contributed by atoms with Crippen LogP contribution in [0.15, 0.2) is 41.4 Å². The van der Waals surface area contributed by atoms with Gasteiger partial charge in [0.2, 0.25) is 5.91 Å². The number of benzene rings is 1. The second-order valence-electron chi connectivity index (χ2n) is 7.94. The van der Waals surface area contributed by atoms with Crippen LogP contribution in [0.1, 0.15) is 38.5 Å². The van der Waals surface area contributed by atoms with Crippen molar-refractivity contribution in [2.45, 2.75) is 39.0 Å². The van der Waals surface area contributed by atoms with E-state index in [0.29, 0.717) is 54.4 Å². The Labute approximate surface area is 184 Å². The Morgan fingerprint density at radius 2 is 2.25 bits per heavy atom. The molecule has 3 N–H and O–H groups in total. The van der Waals surface area contributed by atoms with Gasteiger partial charge in [-0.1, -0.05) is 0 Å². The summed E-state index contributed by atoms with van der Waals surface area (Å²) in [5.74, 6) is 0.198. The summed E-state index contributed by atoms with van der Waals surface area (Å²) in [4.78, 5) is 21.4. The highest BCUT2D eigenvalue weighted by molar-refractivity contribution is 5.92. The third kappa shape index (κ3) is 4.95. The number of ether oxygens (including phenoxy) is 1. The molecule has 0 bridgehead atoms. The number of primary amides is 1. The lowest BCUT2D eigenvalue weighted by atomic mass is 9.93. The molecule has 1 amide bonds. The van der Waals surface area contributed by atoms with Crippen LogP contribution in [0.5, 0.6) is 5.75 Å². The molecular formula is C23H25FN4O4. The maximum Gasteiger partial charge on any atom is 0.248 e. The first kappa shape index (κ1) is 21.9.